The number of nitrogens with one attached hydrogen (secondary N) is 2. The monoisotopic (exact) mass is 314 g/mol. The van der Waals surface area contributed by atoms with Gasteiger partial charge in [0.1, 0.15) is 0 Å². The third kappa shape index (κ3) is 2.54. The van der Waals surface area contributed by atoms with E-state index in [4.69, 9.17) is 12.2 Å². The predicted octanol–water partition coefficient (Wildman–Crippen LogP) is 4.41. The molecule has 0 spiro atoms. The Balaban J connectivity index is 1.43. The highest BCUT2D eigenvalue weighted by Crippen LogP contribution is 2.53. The van der Waals surface area contributed by atoms with Crippen molar-refractivity contribution in [2.45, 2.75) is 52.0 Å². The largest absolute Gasteiger partial charge is 0.359 e. The van der Waals surface area contributed by atoms with Crippen molar-refractivity contribution in [2.24, 2.45) is 23.7 Å². The van der Waals surface area contributed by atoms with Gasteiger partial charge in [-0.15, -0.1) is 0 Å². The highest BCUT2D eigenvalue weighted by Gasteiger charge is 2.48. The molecule has 1 aromatic rings. The fourth-order valence-corrected chi connectivity index (χ4v) is 5.60. The summed E-state index contributed by atoms with van der Waals surface area (Å²) in [6.45, 7) is 4.30. The fraction of sp³-hybridized carbons (Fsp3) is 0.632. The normalized spacial score (nSPS) is 35.5. The molecular weight excluding hydrogens is 288 g/mol. The molecule has 22 heavy (non-hydrogen) atoms. The minimum atomic E-state index is 0.609. The maximum Gasteiger partial charge on any atom is 0.171 e. The molecule has 4 saturated carbocycles. The van der Waals surface area contributed by atoms with Gasteiger partial charge in [0, 0.05) is 11.7 Å². The van der Waals surface area contributed by atoms with Crippen LogP contribution in [0, 0.1) is 37.5 Å². The Bertz CT molecular complexity index is 567. The van der Waals surface area contributed by atoms with Crippen LogP contribution in [0.3, 0.4) is 0 Å². The van der Waals surface area contributed by atoms with Crippen molar-refractivity contribution in [3.63, 3.8) is 0 Å². The molecule has 4 aliphatic carbocycles. The van der Waals surface area contributed by atoms with E-state index in [0.717, 1.165) is 34.5 Å². The van der Waals surface area contributed by atoms with E-state index in [0.29, 0.717) is 6.04 Å². The Labute approximate surface area is 139 Å². The van der Waals surface area contributed by atoms with Crippen molar-refractivity contribution in [3.8, 4) is 0 Å². The Morgan fingerprint density at radius 1 is 1.00 bits per heavy atom. The second-order valence-electron chi connectivity index (χ2n) is 7.80. The van der Waals surface area contributed by atoms with Crippen LogP contribution >= 0.6 is 12.2 Å². The summed E-state index contributed by atoms with van der Waals surface area (Å²) in [6.07, 6.45) is 7.21. The van der Waals surface area contributed by atoms with E-state index in [1.54, 1.807) is 0 Å². The number of hydrogen-bond acceptors (Lipinski definition) is 1. The van der Waals surface area contributed by atoms with E-state index < -0.39 is 0 Å². The maximum atomic E-state index is 5.62. The van der Waals surface area contributed by atoms with E-state index in [1.165, 1.54) is 43.2 Å². The van der Waals surface area contributed by atoms with Crippen molar-refractivity contribution >= 4 is 23.0 Å². The quantitative estimate of drug-likeness (QED) is 0.791. The molecule has 0 aromatic heterocycles. The number of benzene rings is 1. The van der Waals surface area contributed by atoms with Gasteiger partial charge in [-0.1, -0.05) is 12.1 Å². The third-order valence-corrected chi connectivity index (χ3v) is 6.60. The van der Waals surface area contributed by atoms with Crippen LogP contribution in [0.2, 0.25) is 0 Å². The van der Waals surface area contributed by atoms with Crippen LogP contribution in [0.15, 0.2) is 18.2 Å². The second kappa shape index (κ2) is 5.52. The van der Waals surface area contributed by atoms with Crippen LogP contribution in [-0.4, -0.2) is 11.2 Å². The van der Waals surface area contributed by atoms with Gasteiger partial charge in [-0.3, -0.25) is 0 Å². The van der Waals surface area contributed by atoms with E-state index in [9.17, 15) is 0 Å². The van der Waals surface area contributed by atoms with Crippen LogP contribution in [0.4, 0.5) is 5.69 Å². The van der Waals surface area contributed by atoms with Gasteiger partial charge in [0.2, 0.25) is 0 Å². The fourth-order valence-electron chi connectivity index (χ4n) is 5.36. The molecule has 118 valence electrons. The number of aryl methyl sites for hydroxylation is 1. The molecule has 3 heteroatoms. The molecule has 0 atom stereocenters. The summed E-state index contributed by atoms with van der Waals surface area (Å²) < 4.78 is 0. The lowest BCUT2D eigenvalue weighted by Crippen LogP contribution is -2.56. The summed E-state index contributed by atoms with van der Waals surface area (Å²) in [5.74, 6) is 3.74. The minimum absolute atomic E-state index is 0.609. The molecule has 1 aromatic carbocycles. The smallest absolute Gasteiger partial charge is 0.171 e. The average Bonchev–Trinajstić information content (AvgIpc) is 2.47. The number of thiocarbonyl (C=S) groups is 1. The van der Waals surface area contributed by atoms with Gasteiger partial charge in [-0.05, 0) is 99.0 Å². The zero-order chi connectivity index (χ0) is 15.3. The maximum absolute atomic E-state index is 5.62. The highest BCUT2D eigenvalue weighted by molar-refractivity contribution is 7.80. The zero-order valence-electron chi connectivity index (χ0n) is 13.6. The summed E-state index contributed by atoms with van der Waals surface area (Å²) in [7, 11) is 0. The van der Waals surface area contributed by atoms with Crippen molar-refractivity contribution in [2.75, 3.05) is 5.32 Å². The van der Waals surface area contributed by atoms with Gasteiger partial charge < -0.3 is 10.6 Å². The van der Waals surface area contributed by atoms with Crippen LogP contribution in [0.1, 0.15) is 43.2 Å². The van der Waals surface area contributed by atoms with Gasteiger partial charge in [-0.25, -0.2) is 0 Å². The van der Waals surface area contributed by atoms with Gasteiger partial charge in [0.05, 0.1) is 0 Å². The Hall–Kier alpha value is -1.09. The molecule has 4 bridgehead atoms. The molecule has 2 N–H and O–H groups in total. The predicted molar refractivity (Wildman–Crippen MR) is 96.1 cm³/mol. The van der Waals surface area contributed by atoms with E-state index >= 15 is 0 Å². The summed E-state index contributed by atoms with van der Waals surface area (Å²) in [4.78, 5) is 0. The molecule has 0 saturated heterocycles. The van der Waals surface area contributed by atoms with E-state index in [2.05, 4.69) is 42.7 Å². The SMILES string of the molecule is Cc1cccc(NC(=S)NC2C3CC4CC(C3)CC2C4)c1C. The second-order valence-corrected chi connectivity index (χ2v) is 8.21. The van der Waals surface area contributed by atoms with Crippen LogP contribution in [0.25, 0.3) is 0 Å². The lowest BCUT2D eigenvalue weighted by molar-refractivity contribution is -0.00665. The van der Waals surface area contributed by atoms with Gasteiger partial charge in [0.15, 0.2) is 5.11 Å². The van der Waals surface area contributed by atoms with Crippen molar-refractivity contribution < 1.29 is 0 Å². The van der Waals surface area contributed by atoms with Crippen LogP contribution in [-0.2, 0) is 0 Å². The molecule has 4 aliphatic rings. The van der Waals surface area contributed by atoms with Crippen molar-refractivity contribution in [3.05, 3.63) is 29.3 Å². The lowest BCUT2D eigenvalue weighted by Gasteiger charge is -2.54. The lowest BCUT2D eigenvalue weighted by atomic mass is 9.54. The molecule has 0 amide bonds. The van der Waals surface area contributed by atoms with Gasteiger partial charge in [-0.2, -0.15) is 0 Å². The van der Waals surface area contributed by atoms with E-state index in [1.807, 2.05) is 0 Å². The Kier molecular flexibility index (Phi) is 3.64. The zero-order valence-corrected chi connectivity index (χ0v) is 14.4. The molecule has 0 heterocycles. The summed E-state index contributed by atoms with van der Waals surface area (Å²) in [5, 5.41) is 7.92. The molecule has 0 aliphatic heterocycles. The first-order valence-corrected chi connectivity index (χ1v) is 9.14. The standard InChI is InChI=1S/C19H26N2S/c1-11-4-3-5-17(12(11)2)20-19(22)21-18-15-7-13-6-14(9-15)10-16(18)8-13/h3-5,13-16,18H,6-10H2,1-2H3,(H2,20,21,22). The molecule has 5 rings (SSSR count). The molecule has 0 unspecified atom stereocenters. The molecular formula is C19H26N2S. The van der Waals surface area contributed by atoms with Crippen LogP contribution in [0.5, 0.6) is 0 Å². The number of hydrogen-bond donors (Lipinski definition) is 2. The summed E-state index contributed by atoms with van der Waals surface area (Å²) >= 11 is 5.62. The minimum Gasteiger partial charge on any atom is -0.359 e. The summed E-state index contributed by atoms with van der Waals surface area (Å²) in [5.41, 5.74) is 3.74. The number of rotatable bonds is 2. The van der Waals surface area contributed by atoms with Gasteiger partial charge in [0.25, 0.3) is 0 Å². The molecule has 2 nitrogen and oxygen atoms in total. The first kappa shape index (κ1) is 14.5. The number of anilines is 1. The van der Waals surface area contributed by atoms with Crippen molar-refractivity contribution in [1.82, 2.24) is 5.32 Å². The van der Waals surface area contributed by atoms with E-state index in [-0.39, 0.29) is 0 Å². The van der Waals surface area contributed by atoms with Crippen molar-refractivity contribution in [1.29, 1.82) is 0 Å². The Morgan fingerprint density at radius 3 is 2.27 bits per heavy atom. The first-order chi connectivity index (χ1) is 10.6. The Morgan fingerprint density at radius 2 is 1.64 bits per heavy atom. The molecule has 4 fully saturated rings. The first-order valence-electron chi connectivity index (χ1n) is 8.74. The molecule has 0 radical (unpaired) electrons. The van der Waals surface area contributed by atoms with Crippen LogP contribution < -0.4 is 10.6 Å². The third-order valence-electron chi connectivity index (χ3n) is 6.38. The highest BCUT2D eigenvalue weighted by atomic mass is 32.1. The topological polar surface area (TPSA) is 24.1 Å². The average molecular weight is 314 g/mol. The van der Waals surface area contributed by atoms with Gasteiger partial charge >= 0.3 is 0 Å². The summed E-state index contributed by atoms with van der Waals surface area (Å²) in [6, 6.07) is 6.97.